The third-order valence-corrected chi connectivity index (χ3v) is 4.50. The zero-order valence-electron chi connectivity index (χ0n) is 15.1. The van der Waals surface area contributed by atoms with Crippen LogP contribution >= 0.6 is 0 Å². The summed E-state index contributed by atoms with van der Waals surface area (Å²) < 4.78 is 18.1. The lowest BCUT2D eigenvalue weighted by Crippen LogP contribution is -2.44. The molecule has 1 aliphatic carbocycles. The summed E-state index contributed by atoms with van der Waals surface area (Å²) in [7, 11) is 0. The predicted molar refractivity (Wildman–Crippen MR) is 95.7 cm³/mol. The van der Waals surface area contributed by atoms with Crippen molar-refractivity contribution in [2.24, 2.45) is 5.92 Å². The minimum absolute atomic E-state index is 0.172. The highest BCUT2D eigenvalue weighted by molar-refractivity contribution is 5.85. The largest absolute Gasteiger partial charge is 0.478 e. The van der Waals surface area contributed by atoms with E-state index in [1.807, 2.05) is 0 Å². The number of carboxylic acids is 1. The number of aliphatic carboxylic acids is 1. The highest BCUT2D eigenvalue weighted by atomic mass is 19.1. The number of ether oxygens (including phenoxy) is 1. The van der Waals surface area contributed by atoms with Gasteiger partial charge in [-0.15, -0.1) is 0 Å². The number of rotatable bonds is 9. The number of hydrogen-bond acceptors (Lipinski definition) is 4. The summed E-state index contributed by atoms with van der Waals surface area (Å²) in [6, 6.07) is 4.90. The maximum atomic E-state index is 12.9. The van der Waals surface area contributed by atoms with Gasteiger partial charge in [0.05, 0.1) is 13.1 Å². The van der Waals surface area contributed by atoms with Crippen molar-refractivity contribution in [3.8, 4) is 5.75 Å². The van der Waals surface area contributed by atoms with Gasteiger partial charge in [-0.25, -0.2) is 9.18 Å². The molecule has 0 bridgehead atoms. The third kappa shape index (κ3) is 7.64. The molecule has 0 spiro atoms. The molecule has 1 saturated carbocycles. The van der Waals surface area contributed by atoms with Gasteiger partial charge >= 0.3 is 5.97 Å². The normalized spacial score (nSPS) is 15.6. The molecular weight excluding hydrogens is 355 g/mol. The lowest BCUT2D eigenvalue weighted by molar-refractivity contribution is -0.145. The van der Waals surface area contributed by atoms with Crippen LogP contribution in [0.15, 0.2) is 24.3 Å². The van der Waals surface area contributed by atoms with Crippen molar-refractivity contribution in [3.05, 3.63) is 30.1 Å². The van der Waals surface area contributed by atoms with Gasteiger partial charge in [-0.1, -0.05) is 19.3 Å². The second-order valence-electron chi connectivity index (χ2n) is 6.69. The fourth-order valence-electron chi connectivity index (χ4n) is 3.03. The molecule has 0 saturated heterocycles. The average molecular weight is 380 g/mol. The molecule has 27 heavy (non-hydrogen) atoms. The van der Waals surface area contributed by atoms with Crippen LogP contribution in [0.2, 0.25) is 0 Å². The number of benzene rings is 1. The van der Waals surface area contributed by atoms with Crippen molar-refractivity contribution in [1.82, 2.24) is 10.6 Å². The van der Waals surface area contributed by atoms with Gasteiger partial charge in [0.1, 0.15) is 11.6 Å². The Labute approximate surface area is 157 Å². The monoisotopic (exact) mass is 380 g/mol. The van der Waals surface area contributed by atoms with E-state index in [2.05, 4.69) is 10.6 Å². The smallest absolute Gasteiger partial charge is 0.346 e. The second-order valence-corrected chi connectivity index (χ2v) is 6.69. The molecule has 1 fully saturated rings. The van der Waals surface area contributed by atoms with Gasteiger partial charge in [-0.2, -0.15) is 0 Å². The van der Waals surface area contributed by atoms with Crippen LogP contribution in [0.1, 0.15) is 38.5 Å². The first-order valence-corrected chi connectivity index (χ1v) is 9.12. The van der Waals surface area contributed by atoms with E-state index in [0.717, 1.165) is 37.8 Å². The molecule has 0 heterocycles. The number of hydrogen-bond donors (Lipinski definition) is 3. The molecule has 0 aromatic heterocycles. The van der Waals surface area contributed by atoms with Gasteiger partial charge in [-0.3, -0.25) is 9.59 Å². The fourth-order valence-corrected chi connectivity index (χ4v) is 3.03. The number of carbonyl (C=O) groups excluding carboxylic acids is 2. The first-order valence-electron chi connectivity index (χ1n) is 9.12. The molecule has 1 atom stereocenters. The summed E-state index contributed by atoms with van der Waals surface area (Å²) in [5.41, 5.74) is 0. The van der Waals surface area contributed by atoms with E-state index in [4.69, 9.17) is 4.74 Å². The zero-order valence-corrected chi connectivity index (χ0v) is 15.1. The number of nitrogens with one attached hydrogen (secondary N) is 2. The van der Waals surface area contributed by atoms with Gasteiger partial charge in [0.15, 0.2) is 0 Å². The molecule has 2 rings (SSSR count). The molecule has 1 aromatic rings. The van der Waals surface area contributed by atoms with Crippen LogP contribution in [-0.4, -0.2) is 42.1 Å². The van der Waals surface area contributed by atoms with Crippen molar-refractivity contribution < 1.29 is 28.6 Å². The minimum atomic E-state index is -1.32. The first kappa shape index (κ1) is 20.7. The Morgan fingerprint density at radius 2 is 1.74 bits per heavy atom. The van der Waals surface area contributed by atoms with Crippen LogP contribution in [0.3, 0.4) is 0 Å². The molecule has 1 aliphatic rings. The van der Waals surface area contributed by atoms with E-state index in [1.165, 1.54) is 18.6 Å². The first-order chi connectivity index (χ1) is 12.9. The summed E-state index contributed by atoms with van der Waals surface area (Å²) in [6.45, 7) is -0.488. The van der Waals surface area contributed by atoms with Gasteiger partial charge in [-0.05, 0) is 43.0 Å². The summed E-state index contributed by atoms with van der Waals surface area (Å²) in [4.78, 5) is 35.0. The Morgan fingerprint density at radius 1 is 1.07 bits per heavy atom. The molecule has 1 unspecified atom stereocenters. The third-order valence-electron chi connectivity index (χ3n) is 4.50. The van der Waals surface area contributed by atoms with E-state index in [-0.39, 0.29) is 24.7 Å². The minimum Gasteiger partial charge on any atom is -0.478 e. The van der Waals surface area contributed by atoms with Crippen LogP contribution in [-0.2, 0) is 14.4 Å². The van der Waals surface area contributed by atoms with E-state index < -0.39 is 23.8 Å². The maximum Gasteiger partial charge on any atom is 0.346 e. The molecule has 0 radical (unpaired) electrons. The average Bonchev–Trinajstić information content (AvgIpc) is 2.65. The van der Waals surface area contributed by atoms with Crippen LogP contribution < -0.4 is 15.4 Å². The highest BCUT2D eigenvalue weighted by Gasteiger charge is 2.21. The fraction of sp³-hybridized carbons (Fsp3) is 0.526. The highest BCUT2D eigenvalue weighted by Crippen LogP contribution is 2.25. The van der Waals surface area contributed by atoms with Gasteiger partial charge in [0, 0.05) is 6.42 Å². The summed E-state index contributed by atoms with van der Waals surface area (Å²) >= 11 is 0. The topological polar surface area (TPSA) is 105 Å². The van der Waals surface area contributed by atoms with E-state index in [1.54, 1.807) is 0 Å². The number of amides is 2. The zero-order chi connectivity index (χ0) is 19.6. The van der Waals surface area contributed by atoms with Crippen molar-refractivity contribution in [2.75, 3.05) is 13.1 Å². The van der Waals surface area contributed by atoms with E-state index in [9.17, 15) is 23.9 Å². The van der Waals surface area contributed by atoms with Crippen molar-refractivity contribution in [1.29, 1.82) is 0 Å². The number of carbonyl (C=O) groups is 3. The van der Waals surface area contributed by atoms with Crippen LogP contribution in [0.25, 0.3) is 0 Å². The van der Waals surface area contributed by atoms with E-state index >= 15 is 0 Å². The van der Waals surface area contributed by atoms with Crippen LogP contribution in [0.5, 0.6) is 5.75 Å². The molecule has 0 aliphatic heterocycles. The van der Waals surface area contributed by atoms with Gasteiger partial charge < -0.3 is 20.5 Å². The Bertz CT molecular complexity index is 644. The molecular formula is C19H25FN2O5. The molecule has 7 nitrogen and oxygen atoms in total. The van der Waals surface area contributed by atoms with Crippen LogP contribution in [0.4, 0.5) is 4.39 Å². The molecule has 3 N–H and O–H groups in total. The SMILES string of the molecule is O=C(CNC(=O)CC1CCCCC1)NCC(Oc1ccc(F)cc1)C(=O)O. The molecule has 2 amide bonds. The second kappa shape index (κ2) is 10.5. The molecule has 148 valence electrons. The quantitative estimate of drug-likeness (QED) is 0.607. The number of carboxylic acid groups (broad SMARTS) is 1. The Kier molecular flexibility index (Phi) is 8.03. The Balaban J connectivity index is 1.70. The van der Waals surface area contributed by atoms with Crippen molar-refractivity contribution >= 4 is 17.8 Å². The van der Waals surface area contributed by atoms with E-state index in [0.29, 0.717) is 12.3 Å². The number of halogens is 1. The lowest BCUT2D eigenvalue weighted by atomic mass is 9.87. The Morgan fingerprint density at radius 3 is 2.37 bits per heavy atom. The molecule has 8 heteroatoms. The summed E-state index contributed by atoms with van der Waals surface area (Å²) in [6.07, 6.45) is 4.68. The van der Waals surface area contributed by atoms with Crippen molar-refractivity contribution in [2.45, 2.75) is 44.6 Å². The predicted octanol–water partition coefficient (Wildman–Crippen LogP) is 1.86. The standard InChI is InChI=1S/C19H25FN2O5/c20-14-6-8-15(9-7-14)27-16(19(25)26)11-21-18(24)12-22-17(23)10-13-4-2-1-3-5-13/h6-9,13,16H,1-5,10-12H2,(H,21,24)(H,22,23)(H,25,26). The molecule has 1 aromatic carbocycles. The summed E-state index contributed by atoms with van der Waals surface area (Å²) in [5, 5.41) is 14.2. The van der Waals surface area contributed by atoms with Crippen molar-refractivity contribution in [3.63, 3.8) is 0 Å². The summed E-state index contributed by atoms with van der Waals surface area (Å²) in [5.74, 6) is -1.84. The Hall–Kier alpha value is -2.64. The van der Waals surface area contributed by atoms with Crippen LogP contribution in [0, 0.1) is 11.7 Å². The lowest BCUT2D eigenvalue weighted by Gasteiger charge is -2.20. The van der Waals surface area contributed by atoms with Gasteiger partial charge in [0.25, 0.3) is 0 Å². The maximum absolute atomic E-state index is 12.9. The van der Waals surface area contributed by atoms with Gasteiger partial charge in [0.2, 0.25) is 17.9 Å².